The molecular weight excluding hydrogens is 640 g/mol. The zero-order valence-electron chi connectivity index (χ0n) is 26.0. The van der Waals surface area contributed by atoms with Crippen LogP contribution in [0.25, 0.3) is 0 Å². The number of esters is 1. The van der Waals surface area contributed by atoms with Crippen LogP contribution in [0.1, 0.15) is 48.7 Å². The van der Waals surface area contributed by atoms with E-state index >= 15 is 0 Å². The lowest BCUT2D eigenvalue weighted by Crippen LogP contribution is -2.35. The quantitative estimate of drug-likeness (QED) is 0.0872. The third kappa shape index (κ3) is 11.8. The average molecular weight is 676 g/mol. The lowest BCUT2D eigenvalue weighted by atomic mass is 10.0. The SMILES string of the molecule is CCOC(=O)CN(CCC(Oc1ccc(OC(F)(F)F)cc1)c1ccccc1)CCC(Oc1ccc(C(F)(F)F)cc1)c1ccccc1. The Kier molecular flexibility index (Phi) is 12.7. The number of halogens is 6. The van der Waals surface area contributed by atoms with Crippen molar-refractivity contribution in [2.75, 3.05) is 26.2 Å². The highest BCUT2D eigenvalue weighted by Crippen LogP contribution is 2.33. The highest BCUT2D eigenvalue weighted by molar-refractivity contribution is 5.71. The predicted molar refractivity (Wildman–Crippen MR) is 166 cm³/mol. The molecule has 4 rings (SSSR count). The molecule has 0 aliphatic rings. The topological polar surface area (TPSA) is 57.2 Å². The second-order valence-electron chi connectivity index (χ2n) is 10.7. The van der Waals surface area contributed by atoms with Gasteiger partial charge in [0.25, 0.3) is 0 Å². The minimum absolute atomic E-state index is 0.0411. The fourth-order valence-electron chi connectivity index (χ4n) is 4.95. The highest BCUT2D eigenvalue weighted by Gasteiger charge is 2.31. The van der Waals surface area contributed by atoms with Gasteiger partial charge in [0.15, 0.2) is 0 Å². The molecule has 0 heterocycles. The van der Waals surface area contributed by atoms with E-state index in [0.717, 1.165) is 23.3 Å². The smallest absolute Gasteiger partial charge is 0.486 e. The number of carbonyl (C=O) groups is 1. The third-order valence-corrected chi connectivity index (χ3v) is 7.21. The summed E-state index contributed by atoms with van der Waals surface area (Å²) < 4.78 is 98.7. The highest BCUT2D eigenvalue weighted by atomic mass is 19.4. The molecule has 0 saturated carbocycles. The van der Waals surface area contributed by atoms with Crippen molar-refractivity contribution in [2.24, 2.45) is 0 Å². The Labute approximate surface area is 274 Å². The first-order chi connectivity index (χ1) is 22.9. The van der Waals surface area contributed by atoms with Crippen LogP contribution in [0.4, 0.5) is 26.3 Å². The van der Waals surface area contributed by atoms with Crippen LogP contribution in [0.3, 0.4) is 0 Å². The van der Waals surface area contributed by atoms with E-state index in [0.29, 0.717) is 31.7 Å². The Morgan fingerprint density at radius 3 is 1.50 bits per heavy atom. The normalized spacial score (nSPS) is 13.1. The molecular formula is C36H35F6NO5. The van der Waals surface area contributed by atoms with Crippen LogP contribution < -0.4 is 14.2 Å². The Morgan fingerprint density at radius 1 is 0.646 bits per heavy atom. The molecule has 12 heteroatoms. The molecule has 2 unspecified atom stereocenters. The fourth-order valence-corrected chi connectivity index (χ4v) is 4.95. The number of alkyl halides is 6. The van der Waals surface area contributed by atoms with Crippen molar-refractivity contribution >= 4 is 5.97 Å². The van der Waals surface area contributed by atoms with Gasteiger partial charge >= 0.3 is 18.5 Å². The summed E-state index contributed by atoms with van der Waals surface area (Å²) in [5.41, 5.74) is 0.835. The monoisotopic (exact) mass is 675 g/mol. The van der Waals surface area contributed by atoms with Crippen molar-refractivity contribution in [3.8, 4) is 17.2 Å². The summed E-state index contributed by atoms with van der Waals surface area (Å²) in [4.78, 5) is 14.5. The molecule has 0 amide bonds. The van der Waals surface area contributed by atoms with Gasteiger partial charge in [0.2, 0.25) is 0 Å². The minimum Gasteiger partial charge on any atom is -0.486 e. The van der Waals surface area contributed by atoms with Crippen molar-refractivity contribution in [1.29, 1.82) is 0 Å². The lowest BCUT2D eigenvalue weighted by Gasteiger charge is -2.27. The second-order valence-corrected chi connectivity index (χ2v) is 10.7. The summed E-state index contributed by atoms with van der Waals surface area (Å²) in [6.45, 7) is 2.57. The maximum atomic E-state index is 13.1. The van der Waals surface area contributed by atoms with Gasteiger partial charge in [0.05, 0.1) is 18.7 Å². The zero-order chi connectivity index (χ0) is 34.6. The molecule has 48 heavy (non-hydrogen) atoms. The van der Waals surface area contributed by atoms with Crippen LogP contribution in [-0.4, -0.2) is 43.5 Å². The van der Waals surface area contributed by atoms with E-state index in [9.17, 15) is 31.1 Å². The van der Waals surface area contributed by atoms with E-state index in [-0.39, 0.29) is 24.7 Å². The number of carbonyl (C=O) groups excluding carboxylic acids is 1. The van der Waals surface area contributed by atoms with E-state index < -0.39 is 36.3 Å². The van der Waals surface area contributed by atoms with Gasteiger partial charge in [-0.1, -0.05) is 60.7 Å². The number of hydrogen-bond donors (Lipinski definition) is 0. The molecule has 256 valence electrons. The summed E-state index contributed by atoms with van der Waals surface area (Å²) in [7, 11) is 0. The zero-order valence-corrected chi connectivity index (χ0v) is 26.0. The Balaban J connectivity index is 1.50. The van der Waals surface area contributed by atoms with Gasteiger partial charge in [0, 0.05) is 25.9 Å². The molecule has 6 nitrogen and oxygen atoms in total. The summed E-state index contributed by atoms with van der Waals surface area (Å²) in [5, 5.41) is 0. The van der Waals surface area contributed by atoms with E-state index in [1.807, 2.05) is 65.6 Å². The van der Waals surface area contributed by atoms with E-state index in [1.54, 1.807) is 6.92 Å². The number of ether oxygens (including phenoxy) is 4. The van der Waals surface area contributed by atoms with Crippen molar-refractivity contribution in [3.63, 3.8) is 0 Å². The molecule has 0 spiro atoms. The van der Waals surface area contributed by atoms with Gasteiger partial charge in [-0.2, -0.15) is 13.2 Å². The molecule has 0 aliphatic carbocycles. The third-order valence-electron chi connectivity index (χ3n) is 7.21. The molecule has 0 saturated heterocycles. The first kappa shape index (κ1) is 36.1. The molecule has 0 aromatic heterocycles. The van der Waals surface area contributed by atoms with Gasteiger partial charge in [0.1, 0.15) is 29.5 Å². The Bertz CT molecular complexity index is 1530. The van der Waals surface area contributed by atoms with Crippen LogP contribution in [0.5, 0.6) is 17.2 Å². The van der Waals surface area contributed by atoms with Gasteiger partial charge in [-0.25, -0.2) is 0 Å². The van der Waals surface area contributed by atoms with Gasteiger partial charge < -0.3 is 18.9 Å². The fraction of sp³-hybridized carbons (Fsp3) is 0.306. The van der Waals surface area contributed by atoms with Gasteiger partial charge in [-0.3, -0.25) is 9.69 Å². The van der Waals surface area contributed by atoms with E-state index in [1.165, 1.54) is 36.4 Å². The van der Waals surface area contributed by atoms with Crippen molar-refractivity contribution < 1.29 is 50.1 Å². The van der Waals surface area contributed by atoms with Crippen LogP contribution in [-0.2, 0) is 15.7 Å². The van der Waals surface area contributed by atoms with Crippen LogP contribution in [0.15, 0.2) is 109 Å². The minimum atomic E-state index is -4.82. The predicted octanol–water partition coefficient (Wildman–Crippen LogP) is 9.19. The second kappa shape index (κ2) is 16.9. The maximum Gasteiger partial charge on any atom is 0.573 e. The van der Waals surface area contributed by atoms with E-state index in [4.69, 9.17) is 14.2 Å². The molecule has 0 fully saturated rings. The first-order valence-electron chi connectivity index (χ1n) is 15.2. The van der Waals surface area contributed by atoms with Gasteiger partial charge in [-0.05, 0) is 66.6 Å². The van der Waals surface area contributed by atoms with Crippen LogP contribution in [0, 0.1) is 0 Å². The Hall–Kier alpha value is -4.71. The van der Waals surface area contributed by atoms with Gasteiger partial charge in [-0.15, -0.1) is 13.2 Å². The van der Waals surface area contributed by atoms with E-state index in [2.05, 4.69) is 4.74 Å². The summed E-state index contributed by atoms with van der Waals surface area (Å²) in [6, 6.07) is 28.0. The van der Waals surface area contributed by atoms with Crippen molar-refractivity contribution in [3.05, 3.63) is 126 Å². The number of rotatable bonds is 16. The molecule has 0 radical (unpaired) electrons. The van der Waals surface area contributed by atoms with Crippen LogP contribution >= 0.6 is 0 Å². The van der Waals surface area contributed by atoms with Crippen LogP contribution in [0.2, 0.25) is 0 Å². The number of nitrogens with zero attached hydrogens (tertiary/aromatic N) is 1. The molecule has 4 aromatic carbocycles. The standard InChI is InChI=1S/C36H35F6NO5/c1-2-45-34(44)25-43(23-21-32(26-9-5-3-6-10-26)46-29-15-13-28(14-16-29)35(37,38)39)24-22-33(27-11-7-4-8-12-27)47-30-17-19-31(20-18-30)48-36(40,41)42/h3-20,32-33H,2,21-25H2,1H3. The van der Waals surface area contributed by atoms with Crippen molar-refractivity contribution in [1.82, 2.24) is 4.90 Å². The number of hydrogen-bond acceptors (Lipinski definition) is 6. The molecule has 0 aliphatic heterocycles. The van der Waals surface area contributed by atoms with Crippen molar-refractivity contribution in [2.45, 2.75) is 44.5 Å². The summed E-state index contributed by atoms with van der Waals surface area (Å²) in [6.07, 6.45) is -9.61. The average Bonchev–Trinajstić information content (AvgIpc) is 3.05. The lowest BCUT2D eigenvalue weighted by molar-refractivity contribution is -0.274. The summed E-state index contributed by atoms with van der Waals surface area (Å²) >= 11 is 0. The molecule has 0 bridgehead atoms. The molecule has 2 atom stereocenters. The number of benzene rings is 4. The summed E-state index contributed by atoms with van der Waals surface area (Å²) in [5.74, 6) is -0.226. The maximum absolute atomic E-state index is 13.1. The molecule has 4 aromatic rings. The molecule has 0 N–H and O–H groups in total. The first-order valence-corrected chi connectivity index (χ1v) is 15.2. The largest absolute Gasteiger partial charge is 0.573 e. The Morgan fingerprint density at radius 2 is 1.08 bits per heavy atom.